The van der Waals surface area contributed by atoms with Crippen LogP contribution < -0.4 is 0 Å². The fraction of sp³-hybridized carbons (Fsp3) is 0.833. The fourth-order valence-electron chi connectivity index (χ4n) is 0.523. The van der Waals surface area contributed by atoms with Crippen LogP contribution >= 0.6 is 12.4 Å². The van der Waals surface area contributed by atoms with Gasteiger partial charge in [-0.05, 0) is 7.05 Å². The summed E-state index contributed by atoms with van der Waals surface area (Å²) in [6, 6.07) is 2.03. The van der Waals surface area contributed by atoms with E-state index in [0.29, 0.717) is 13.0 Å². The zero-order valence-electron chi connectivity index (χ0n) is 6.08. The Labute approximate surface area is 67.7 Å². The average Bonchev–Trinajstić information content (AvgIpc) is 1.85. The highest BCUT2D eigenvalue weighted by Crippen LogP contribution is 1.83. The van der Waals surface area contributed by atoms with E-state index in [1.165, 1.54) is 0 Å². The quantitative estimate of drug-likeness (QED) is 0.648. The molecule has 3 nitrogen and oxygen atoms in total. The third-order valence-electron chi connectivity index (χ3n) is 1.09. The molecule has 0 fully saturated rings. The topological polar surface area (TPSA) is 47.3 Å². The molecule has 1 N–H and O–H groups in total. The second-order valence-electron chi connectivity index (χ2n) is 1.93. The van der Waals surface area contributed by atoms with E-state index in [2.05, 4.69) is 0 Å². The maximum Gasteiger partial charge on any atom is 0.0635 e. The predicted octanol–water partition coefficient (Wildman–Crippen LogP) is 0.246. The van der Waals surface area contributed by atoms with Crippen LogP contribution in [0.15, 0.2) is 0 Å². The van der Waals surface area contributed by atoms with Gasteiger partial charge in [0.1, 0.15) is 0 Å². The first kappa shape index (κ1) is 12.4. The van der Waals surface area contributed by atoms with E-state index in [0.717, 1.165) is 6.54 Å². The Kier molecular flexibility index (Phi) is 10.8. The van der Waals surface area contributed by atoms with Gasteiger partial charge in [0.15, 0.2) is 0 Å². The minimum atomic E-state index is 0. The molecule has 0 unspecified atom stereocenters. The monoisotopic (exact) mass is 164 g/mol. The molecular weight excluding hydrogens is 152 g/mol. The lowest BCUT2D eigenvalue weighted by Gasteiger charge is -2.11. The minimum Gasteiger partial charge on any atom is -0.395 e. The van der Waals surface area contributed by atoms with Crippen molar-refractivity contribution in [2.75, 3.05) is 26.7 Å². The Bertz CT molecular complexity index is 102. The molecule has 0 saturated heterocycles. The van der Waals surface area contributed by atoms with Crippen LogP contribution in [0.1, 0.15) is 6.42 Å². The SMILES string of the molecule is CN(CCO)CCC#N.Cl. The van der Waals surface area contributed by atoms with Crippen molar-refractivity contribution in [2.24, 2.45) is 0 Å². The normalized spacial score (nSPS) is 8.60. The van der Waals surface area contributed by atoms with Crippen molar-refractivity contribution in [3.05, 3.63) is 0 Å². The van der Waals surface area contributed by atoms with E-state index in [4.69, 9.17) is 10.4 Å². The number of aliphatic hydroxyl groups excluding tert-OH is 1. The Morgan fingerprint density at radius 3 is 2.50 bits per heavy atom. The molecule has 0 saturated carbocycles. The van der Waals surface area contributed by atoms with Crippen LogP contribution in [0.5, 0.6) is 0 Å². The number of hydrogen-bond donors (Lipinski definition) is 1. The molecule has 0 amide bonds. The van der Waals surface area contributed by atoms with Gasteiger partial charge >= 0.3 is 0 Å². The summed E-state index contributed by atoms with van der Waals surface area (Å²) in [6.45, 7) is 1.57. The highest BCUT2D eigenvalue weighted by atomic mass is 35.5. The standard InChI is InChI=1S/C6H12N2O.ClH/c1-8(5-6-9)4-2-3-7;/h9H,2,4-6H2,1H3;1H. The van der Waals surface area contributed by atoms with Gasteiger partial charge in [-0.15, -0.1) is 12.4 Å². The number of aliphatic hydroxyl groups is 1. The largest absolute Gasteiger partial charge is 0.395 e. The third-order valence-corrected chi connectivity index (χ3v) is 1.09. The van der Waals surface area contributed by atoms with Crippen LogP contribution in [0.25, 0.3) is 0 Å². The van der Waals surface area contributed by atoms with Crippen LogP contribution in [0.2, 0.25) is 0 Å². The van der Waals surface area contributed by atoms with Crippen molar-refractivity contribution >= 4 is 12.4 Å². The molecule has 0 atom stereocenters. The van der Waals surface area contributed by atoms with Crippen LogP contribution in [-0.4, -0.2) is 36.8 Å². The second kappa shape index (κ2) is 8.70. The van der Waals surface area contributed by atoms with E-state index in [9.17, 15) is 0 Å². The zero-order chi connectivity index (χ0) is 7.11. The summed E-state index contributed by atoms with van der Waals surface area (Å²) in [5, 5.41) is 16.6. The van der Waals surface area contributed by atoms with Gasteiger partial charge in [-0.25, -0.2) is 0 Å². The van der Waals surface area contributed by atoms with Crippen LogP contribution in [-0.2, 0) is 0 Å². The summed E-state index contributed by atoms with van der Waals surface area (Å²) < 4.78 is 0. The van der Waals surface area contributed by atoms with Gasteiger partial charge in [0.05, 0.1) is 12.7 Å². The summed E-state index contributed by atoms with van der Waals surface area (Å²) >= 11 is 0. The van der Waals surface area contributed by atoms with Crippen molar-refractivity contribution in [3.63, 3.8) is 0 Å². The first-order valence-corrected chi connectivity index (χ1v) is 2.97. The molecule has 60 valence electrons. The smallest absolute Gasteiger partial charge is 0.0635 e. The van der Waals surface area contributed by atoms with Gasteiger partial charge in [0.25, 0.3) is 0 Å². The maximum absolute atomic E-state index is 8.41. The van der Waals surface area contributed by atoms with E-state index >= 15 is 0 Å². The lowest BCUT2D eigenvalue weighted by molar-refractivity contribution is 0.224. The fourth-order valence-corrected chi connectivity index (χ4v) is 0.523. The van der Waals surface area contributed by atoms with Gasteiger partial charge in [-0.3, -0.25) is 0 Å². The molecule has 0 radical (unpaired) electrons. The Morgan fingerprint density at radius 2 is 2.10 bits per heavy atom. The van der Waals surface area contributed by atoms with Crippen LogP contribution in [0.3, 0.4) is 0 Å². The molecule has 4 heteroatoms. The number of halogens is 1. The summed E-state index contributed by atoms with van der Waals surface area (Å²) in [7, 11) is 1.88. The van der Waals surface area contributed by atoms with Crippen molar-refractivity contribution < 1.29 is 5.11 Å². The molecule has 0 heterocycles. The van der Waals surface area contributed by atoms with Gasteiger partial charge in [-0.2, -0.15) is 5.26 Å². The average molecular weight is 165 g/mol. The summed E-state index contributed by atoms with van der Waals surface area (Å²) in [5.74, 6) is 0. The van der Waals surface area contributed by atoms with Gasteiger partial charge in [-0.1, -0.05) is 0 Å². The zero-order valence-corrected chi connectivity index (χ0v) is 6.89. The van der Waals surface area contributed by atoms with Crippen molar-refractivity contribution in [2.45, 2.75) is 6.42 Å². The summed E-state index contributed by atoms with van der Waals surface area (Å²) in [5.41, 5.74) is 0. The Hall–Kier alpha value is -0.300. The van der Waals surface area contributed by atoms with E-state index in [1.54, 1.807) is 0 Å². The number of nitriles is 1. The Balaban J connectivity index is 0. The maximum atomic E-state index is 8.41. The summed E-state index contributed by atoms with van der Waals surface area (Å²) in [6.07, 6.45) is 0.538. The molecular formula is C6H13ClN2O. The highest BCUT2D eigenvalue weighted by Gasteiger charge is 1.93. The molecule has 0 aromatic carbocycles. The first-order chi connectivity index (χ1) is 4.31. The number of hydrogen-bond acceptors (Lipinski definition) is 3. The molecule has 10 heavy (non-hydrogen) atoms. The lowest BCUT2D eigenvalue weighted by Crippen LogP contribution is -2.22. The van der Waals surface area contributed by atoms with Crippen molar-refractivity contribution in [1.29, 1.82) is 5.26 Å². The van der Waals surface area contributed by atoms with E-state index < -0.39 is 0 Å². The van der Waals surface area contributed by atoms with Crippen LogP contribution in [0.4, 0.5) is 0 Å². The van der Waals surface area contributed by atoms with Crippen molar-refractivity contribution in [1.82, 2.24) is 4.90 Å². The molecule has 0 spiro atoms. The molecule has 0 aromatic rings. The molecule has 0 aliphatic carbocycles. The van der Waals surface area contributed by atoms with Crippen molar-refractivity contribution in [3.8, 4) is 6.07 Å². The first-order valence-electron chi connectivity index (χ1n) is 2.97. The third kappa shape index (κ3) is 7.70. The second-order valence-corrected chi connectivity index (χ2v) is 1.93. The van der Waals surface area contributed by atoms with Gasteiger partial charge in [0.2, 0.25) is 0 Å². The molecule has 0 aliphatic rings. The summed E-state index contributed by atoms with van der Waals surface area (Å²) in [4.78, 5) is 1.92. The number of rotatable bonds is 4. The lowest BCUT2D eigenvalue weighted by atomic mass is 10.4. The molecule has 0 bridgehead atoms. The van der Waals surface area contributed by atoms with Gasteiger partial charge in [0, 0.05) is 19.5 Å². The minimum absolute atomic E-state index is 0. The van der Waals surface area contributed by atoms with E-state index in [-0.39, 0.29) is 19.0 Å². The van der Waals surface area contributed by atoms with E-state index in [1.807, 2.05) is 18.0 Å². The predicted molar refractivity (Wildman–Crippen MR) is 42.1 cm³/mol. The molecule has 0 aliphatic heterocycles. The van der Waals surface area contributed by atoms with Crippen LogP contribution in [0, 0.1) is 11.3 Å². The van der Waals surface area contributed by atoms with Gasteiger partial charge < -0.3 is 10.0 Å². The Morgan fingerprint density at radius 1 is 1.50 bits per heavy atom. The molecule has 0 aromatic heterocycles. The number of nitrogens with zero attached hydrogens (tertiary/aromatic N) is 2. The highest BCUT2D eigenvalue weighted by molar-refractivity contribution is 5.85. The number of likely N-dealkylation sites (N-methyl/N-ethyl adjacent to an activating group) is 1. The molecule has 0 rings (SSSR count).